The molecule has 0 aliphatic heterocycles. The van der Waals surface area contributed by atoms with E-state index in [4.69, 9.17) is 5.73 Å². The highest BCUT2D eigenvalue weighted by atomic mass is 16.5. The molecule has 5 heteroatoms. The summed E-state index contributed by atoms with van der Waals surface area (Å²) in [6, 6.07) is 4.66. The molecule has 1 rings (SSSR count). The number of amides is 1. The number of nitrogens with zero attached hydrogens (tertiary/aromatic N) is 1. The Morgan fingerprint density at radius 1 is 1.57 bits per heavy atom. The van der Waals surface area contributed by atoms with Crippen molar-refractivity contribution < 1.29 is 14.3 Å². The van der Waals surface area contributed by atoms with Crippen LogP contribution in [0.2, 0.25) is 0 Å². The second kappa shape index (κ2) is 4.20. The number of nitrogens with two attached hydrogens (primary N) is 1. The van der Waals surface area contributed by atoms with Gasteiger partial charge in [0.2, 0.25) is 6.08 Å². The second-order valence-corrected chi connectivity index (χ2v) is 2.57. The first-order valence-corrected chi connectivity index (χ1v) is 3.79. The molecule has 1 aromatic rings. The number of carbonyl (C=O) groups excluding carboxylic acids is 2. The van der Waals surface area contributed by atoms with E-state index < -0.39 is 6.09 Å². The van der Waals surface area contributed by atoms with E-state index in [9.17, 15) is 9.59 Å². The molecule has 0 saturated heterocycles. The van der Waals surface area contributed by atoms with Crippen molar-refractivity contribution in [3.05, 3.63) is 23.8 Å². The van der Waals surface area contributed by atoms with E-state index in [0.717, 1.165) is 5.56 Å². The first kappa shape index (κ1) is 9.95. The number of primary amides is 1. The summed E-state index contributed by atoms with van der Waals surface area (Å²) in [6.07, 6.45) is 0.501. The molecule has 0 aromatic heterocycles. The van der Waals surface area contributed by atoms with Gasteiger partial charge in [-0.2, -0.15) is 4.99 Å². The van der Waals surface area contributed by atoms with Crippen LogP contribution in [-0.4, -0.2) is 12.2 Å². The number of aliphatic imine (C=N–C) groups is 1. The largest absolute Gasteiger partial charge is 0.410 e. The molecule has 0 saturated carbocycles. The van der Waals surface area contributed by atoms with Crippen LogP contribution in [0.25, 0.3) is 0 Å². The summed E-state index contributed by atoms with van der Waals surface area (Å²) in [6.45, 7) is 1.77. The zero-order chi connectivity index (χ0) is 10.6. The van der Waals surface area contributed by atoms with E-state index in [1.165, 1.54) is 12.1 Å². The smallest absolute Gasteiger partial charge is 0.409 e. The number of hydrogen-bond acceptors (Lipinski definition) is 4. The van der Waals surface area contributed by atoms with Crippen LogP contribution in [0.3, 0.4) is 0 Å². The van der Waals surface area contributed by atoms with E-state index in [1.54, 1.807) is 19.1 Å². The highest BCUT2D eigenvalue weighted by molar-refractivity contribution is 5.69. The van der Waals surface area contributed by atoms with Gasteiger partial charge in [-0.15, -0.1) is 0 Å². The van der Waals surface area contributed by atoms with Crippen LogP contribution < -0.4 is 10.5 Å². The SMILES string of the molecule is Cc1ccc(OC(N)=O)cc1N=C=O. The van der Waals surface area contributed by atoms with Crippen molar-refractivity contribution in [1.82, 2.24) is 0 Å². The number of rotatable bonds is 2. The summed E-state index contributed by atoms with van der Waals surface area (Å²) in [4.78, 5) is 23.9. The third-order valence-electron chi connectivity index (χ3n) is 1.57. The molecule has 0 atom stereocenters. The van der Waals surface area contributed by atoms with Crippen LogP contribution in [0, 0.1) is 6.92 Å². The van der Waals surface area contributed by atoms with Crippen LogP contribution in [0.4, 0.5) is 10.5 Å². The highest BCUT2D eigenvalue weighted by Crippen LogP contribution is 2.23. The summed E-state index contributed by atoms with van der Waals surface area (Å²) in [5, 5.41) is 0. The third kappa shape index (κ3) is 2.43. The second-order valence-electron chi connectivity index (χ2n) is 2.57. The Kier molecular flexibility index (Phi) is 2.99. The van der Waals surface area contributed by atoms with Crippen LogP contribution in [0.5, 0.6) is 5.75 Å². The van der Waals surface area contributed by atoms with Gasteiger partial charge in [0.25, 0.3) is 0 Å². The van der Waals surface area contributed by atoms with Crippen LogP contribution in [0.1, 0.15) is 5.56 Å². The lowest BCUT2D eigenvalue weighted by Gasteiger charge is -2.02. The van der Waals surface area contributed by atoms with Gasteiger partial charge in [-0.25, -0.2) is 9.59 Å². The number of hydrogen-bond donors (Lipinski definition) is 1. The maximum absolute atomic E-state index is 10.4. The Hall–Kier alpha value is -2.13. The fourth-order valence-corrected chi connectivity index (χ4v) is 0.938. The van der Waals surface area contributed by atoms with Gasteiger partial charge in [0.1, 0.15) is 5.75 Å². The minimum Gasteiger partial charge on any atom is -0.410 e. The number of ether oxygens (including phenoxy) is 1. The average molecular weight is 192 g/mol. The predicted molar refractivity (Wildman–Crippen MR) is 49.2 cm³/mol. The van der Waals surface area contributed by atoms with Gasteiger partial charge in [0.15, 0.2) is 0 Å². The number of carbonyl (C=O) groups is 1. The Morgan fingerprint density at radius 3 is 2.86 bits per heavy atom. The lowest BCUT2D eigenvalue weighted by atomic mass is 10.2. The van der Waals surface area contributed by atoms with Crippen molar-refractivity contribution in [2.75, 3.05) is 0 Å². The molecule has 0 spiro atoms. The van der Waals surface area contributed by atoms with Crippen LogP contribution in [-0.2, 0) is 4.79 Å². The van der Waals surface area contributed by atoms with Gasteiger partial charge in [-0.1, -0.05) is 6.07 Å². The summed E-state index contributed by atoms with van der Waals surface area (Å²) >= 11 is 0. The van der Waals surface area contributed by atoms with Gasteiger partial charge in [-0.3, -0.25) is 0 Å². The fourth-order valence-electron chi connectivity index (χ4n) is 0.938. The molecule has 2 N–H and O–H groups in total. The molecule has 0 bridgehead atoms. The van der Waals surface area contributed by atoms with Gasteiger partial charge in [0.05, 0.1) is 5.69 Å². The maximum atomic E-state index is 10.4. The first-order valence-electron chi connectivity index (χ1n) is 3.79. The number of benzene rings is 1. The van der Waals surface area contributed by atoms with Crippen molar-refractivity contribution in [2.45, 2.75) is 6.92 Å². The summed E-state index contributed by atoms with van der Waals surface area (Å²) < 4.78 is 4.61. The van der Waals surface area contributed by atoms with Crippen LogP contribution in [0.15, 0.2) is 23.2 Å². The molecule has 0 unspecified atom stereocenters. The van der Waals surface area contributed by atoms with Gasteiger partial charge >= 0.3 is 6.09 Å². The third-order valence-corrected chi connectivity index (χ3v) is 1.57. The van der Waals surface area contributed by atoms with E-state index in [1.807, 2.05) is 0 Å². The highest BCUT2D eigenvalue weighted by Gasteiger charge is 2.02. The lowest BCUT2D eigenvalue weighted by molar-refractivity contribution is 0.211. The van der Waals surface area contributed by atoms with Crippen LogP contribution >= 0.6 is 0 Å². The minimum atomic E-state index is -0.908. The minimum absolute atomic E-state index is 0.247. The molecule has 0 heterocycles. The monoisotopic (exact) mass is 192 g/mol. The normalized spacial score (nSPS) is 8.93. The average Bonchev–Trinajstić information content (AvgIpc) is 2.10. The molecule has 0 fully saturated rings. The Labute approximate surface area is 80.2 Å². The molecule has 14 heavy (non-hydrogen) atoms. The van der Waals surface area contributed by atoms with Gasteiger partial charge < -0.3 is 10.5 Å². The van der Waals surface area contributed by atoms with E-state index in [-0.39, 0.29) is 5.75 Å². The summed E-state index contributed by atoms with van der Waals surface area (Å²) in [7, 11) is 0. The van der Waals surface area contributed by atoms with E-state index >= 15 is 0 Å². The molecular formula is C9H8N2O3. The zero-order valence-corrected chi connectivity index (χ0v) is 7.48. The quantitative estimate of drug-likeness (QED) is 0.568. The number of aryl methyl sites for hydroxylation is 1. The van der Waals surface area contributed by atoms with Gasteiger partial charge in [0, 0.05) is 6.07 Å². The molecule has 0 aliphatic carbocycles. The maximum Gasteiger partial charge on any atom is 0.409 e. The Balaban J connectivity index is 3.05. The first-order chi connectivity index (χ1) is 6.63. The predicted octanol–water partition coefficient (Wildman–Crippen LogP) is 1.42. The Morgan fingerprint density at radius 2 is 2.29 bits per heavy atom. The van der Waals surface area contributed by atoms with Crippen molar-refractivity contribution >= 4 is 17.9 Å². The molecule has 0 radical (unpaired) electrons. The lowest BCUT2D eigenvalue weighted by Crippen LogP contribution is -2.16. The molecule has 72 valence electrons. The summed E-state index contributed by atoms with van der Waals surface area (Å²) in [5.74, 6) is 0.247. The molecule has 1 aromatic carbocycles. The molecule has 1 amide bonds. The Bertz CT molecular complexity index is 409. The molecule has 0 aliphatic rings. The standard InChI is InChI=1S/C9H8N2O3/c1-6-2-3-7(14-9(10)13)4-8(6)11-5-12/h2-4H,1H3,(H2,10,13). The van der Waals surface area contributed by atoms with Crippen molar-refractivity contribution in [1.29, 1.82) is 0 Å². The zero-order valence-electron chi connectivity index (χ0n) is 7.48. The van der Waals surface area contributed by atoms with E-state index in [2.05, 4.69) is 9.73 Å². The summed E-state index contributed by atoms with van der Waals surface area (Å²) in [5.41, 5.74) is 6.00. The molecule has 5 nitrogen and oxygen atoms in total. The van der Waals surface area contributed by atoms with E-state index in [0.29, 0.717) is 5.69 Å². The van der Waals surface area contributed by atoms with Crippen molar-refractivity contribution in [2.24, 2.45) is 10.7 Å². The van der Waals surface area contributed by atoms with Crippen molar-refractivity contribution in [3.63, 3.8) is 0 Å². The molecular weight excluding hydrogens is 184 g/mol. The number of isocyanates is 1. The van der Waals surface area contributed by atoms with Crippen molar-refractivity contribution in [3.8, 4) is 5.75 Å². The topological polar surface area (TPSA) is 81.8 Å². The van der Waals surface area contributed by atoms with Gasteiger partial charge in [-0.05, 0) is 18.6 Å². The fraction of sp³-hybridized carbons (Fsp3) is 0.111.